The van der Waals surface area contributed by atoms with E-state index in [4.69, 9.17) is 109 Å². The van der Waals surface area contributed by atoms with E-state index in [0.29, 0.717) is 111 Å². The fourth-order valence-electron chi connectivity index (χ4n) is 20.6. The molecule has 0 radical (unpaired) electrons. The highest BCUT2D eigenvalue weighted by atomic mass is 35.5. The van der Waals surface area contributed by atoms with Gasteiger partial charge in [-0.25, -0.2) is 4.85 Å². The van der Waals surface area contributed by atoms with E-state index in [1.54, 1.807) is 91.0 Å². The van der Waals surface area contributed by atoms with Crippen molar-refractivity contribution in [3.63, 3.8) is 0 Å². The number of likely N-dealkylation sites (tertiary alicyclic amines) is 4. The maximum absolute atomic E-state index is 12.9. The zero-order valence-corrected chi connectivity index (χ0v) is 89.2. The van der Waals surface area contributed by atoms with Crippen LogP contribution in [0.1, 0.15) is 134 Å². The number of piperidine rings is 4. The first kappa shape index (κ1) is 110. The van der Waals surface area contributed by atoms with Gasteiger partial charge in [-0.05, 0) is 291 Å². The van der Waals surface area contributed by atoms with Crippen molar-refractivity contribution in [3.8, 4) is 68.5 Å². The Morgan fingerprint density at radius 1 is 0.373 bits per heavy atom. The van der Waals surface area contributed by atoms with Crippen LogP contribution in [0.2, 0.25) is 40.2 Å². The van der Waals surface area contributed by atoms with Crippen LogP contribution in [-0.4, -0.2) is 147 Å². The lowest BCUT2D eigenvalue weighted by Crippen LogP contribution is -2.54. The van der Waals surface area contributed by atoms with Crippen LogP contribution in [0.4, 0.5) is 28.4 Å². The number of ether oxygens (including phenoxy) is 2. The number of rotatable bonds is 29. The zero-order valence-electron chi connectivity index (χ0n) is 83.2. The number of hydrogen-bond donors (Lipinski definition) is 7. The van der Waals surface area contributed by atoms with Gasteiger partial charge in [-0.15, -0.1) is 0 Å². The standard InChI is InChI=1S/C33H29Cl2N3O3.C31H32Cl2N4O.C30H29Cl2N3O2.C27H26Cl2N4O/c34-28-17-29(35)19-30(18-28)37-32(40)22-41-33(12-14-38(15-13-33)21-26-5-1-2-7-31(26)39)27-10-8-24(9-11-27)25-6-3-4-23(16-25)20-36;32-26-17-27(33)19-28(18-26)36-30(38)21-35-31(12-14-37(15-13-31)29-6-1-2-7-29)25-10-8-23(9-11-25)24-5-3-4-22(16-24)20-34;1-33-27-4-2-3-23(15-27)22-7-9-24(10-8-22)30(11-13-35(14-12-30)19-21-5-6-21)37-20-29(36)34-28-17-25(31)16-26(32)18-28;1-33-11-9-27(10-12-33,31-18-26(34)32-25-15-23(28)14-24(29)16-25)22-7-5-20(6-8-22)21-4-2-3-19(13-21)17-30/h1-11,16-19,39H,12-15,21-22H2,(H,37,40);3-5,8-11,16-19,29,35H,1-2,6-7,12-15,21H2,(H,36,38);2-4,7-10,15-18,21H,5-6,11-14,19-20H2,(H,34,36);2-8,13-16,31H,9-12,18H2,1H3,(H,32,34). The maximum Gasteiger partial charge on any atom is 0.250 e. The number of halogens is 8. The smallest absolute Gasteiger partial charge is 0.250 e. The third-order valence-corrected chi connectivity index (χ3v) is 30.7. The number of para-hydroxylation sites is 1. The van der Waals surface area contributed by atoms with Gasteiger partial charge in [0.15, 0.2) is 5.69 Å². The number of anilines is 4. The Balaban J connectivity index is 0.000000143. The lowest BCUT2D eigenvalue weighted by molar-refractivity contribution is -0.135. The minimum absolute atomic E-state index is 0.0679. The molecule has 6 fully saturated rings. The van der Waals surface area contributed by atoms with Crippen LogP contribution in [0.15, 0.2) is 291 Å². The highest BCUT2D eigenvalue weighted by molar-refractivity contribution is 6.37. The second kappa shape index (κ2) is 52.0. The van der Waals surface area contributed by atoms with Gasteiger partial charge in [0.2, 0.25) is 23.6 Å². The predicted molar refractivity (Wildman–Crippen MR) is 604 cm³/mol. The van der Waals surface area contributed by atoms with E-state index in [1.165, 1.54) is 44.1 Å². The van der Waals surface area contributed by atoms with Crippen molar-refractivity contribution >= 4 is 145 Å². The van der Waals surface area contributed by atoms with Gasteiger partial charge in [-0.2, -0.15) is 15.8 Å². The van der Waals surface area contributed by atoms with Crippen molar-refractivity contribution in [3.05, 3.63) is 387 Å². The molecule has 4 heterocycles. The van der Waals surface area contributed by atoms with E-state index in [-0.39, 0.29) is 66.8 Å². The first-order chi connectivity index (χ1) is 72.6. The number of carbonyl (C=O) groups is 4. The van der Waals surface area contributed by atoms with Crippen LogP contribution < -0.4 is 31.9 Å². The lowest BCUT2D eigenvalue weighted by Gasteiger charge is -2.45. The SMILES string of the molecule is CN1CCC(NCC(=O)Nc2cc(Cl)cc(Cl)c2)(c2ccc(-c3cccc(C#N)c3)cc2)CC1.N#Cc1cccc(-c2ccc(C3(NCC(=O)Nc4cc(Cl)cc(Cl)c4)CCN(C4CCCC4)CC3)cc2)c1.N#Cc1cccc(-c2ccc(C3(OCC(=O)Nc4cc(Cl)cc(Cl)c4)CCN(Cc4ccccc4O)CC3)cc2)c1.[C-]#[N+]c1cccc(-c2ccc(C3(OCC(=O)Nc4cc(Cl)cc(Cl)c4)CCN(CC4CC4)CC3)cc2)c1. The number of hydrogen-bond acceptors (Lipinski definition) is 16. The summed E-state index contributed by atoms with van der Waals surface area (Å²) in [6.45, 7) is 16.4. The molecule has 4 amide bonds. The third kappa shape index (κ3) is 30.3. The van der Waals surface area contributed by atoms with Gasteiger partial charge in [0.1, 0.15) is 19.0 Å². The lowest BCUT2D eigenvalue weighted by atomic mass is 9.79. The normalized spacial score (nSPS) is 16.3. The molecule has 0 unspecified atom stereocenters. The van der Waals surface area contributed by atoms with E-state index in [9.17, 15) is 40.1 Å². The number of amides is 4. The van der Waals surface area contributed by atoms with Crippen molar-refractivity contribution in [1.29, 1.82) is 15.8 Å². The number of aromatic hydroxyl groups is 1. The molecular weight excluding hydrogens is 2050 g/mol. The molecule has 6 aliphatic rings. The van der Waals surface area contributed by atoms with Crippen LogP contribution in [0.25, 0.3) is 49.4 Å². The van der Waals surface area contributed by atoms with E-state index < -0.39 is 11.2 Å². The Morgan fingerprint density at radius 3 is 1.06 bits per heavy atom. The average Bonchev–Trinajstić information content (AvgIpc) is 0.981. The van der Waals surface area contributed by atoms with Gasteiger partial charge >= 0.3 is 0 Å². The Bertz CT molecular complexity index is 7010. The van der Waals surface area contributed by atoms with Crippen molar-refractivity contribution in [2.75, 3.05) is 114 Å². The van der Waals surface area contributed by atoms with Crippen molar-refractivity contribution in [2.45, 2.75) is 125 Å². The van der Waals surface area contributed by atoms with E-state index in [0.717, 1.165) is 170 Å². The molecule has 4 saturated heterocycles. The van der Waals surface area contributed by atoms with Crippen LogP contribution in [-0.2, 0) is 57.5 Å². The number of phenols is 1. The molecule has 21 nitrogen and oxygen atoms in total. The van der Waals surface area contributed by atoms with Crippen molar-refractivity contribution < 1.29 is 33.8 Å². The Morgan fingerprint density at radius 2 is 0.707 bits per heavy atom. The second-order valence-corrected chi connectivity index (χ2v) is 42.7. The number of benzene rings is 13. The molecule has 2 saturated carbocycles. The van der Waals surface area contributed by atoms with E-state index in [2.05, 4.69) is 154 Å². The Kier molecular flexibility index (Phi) is 38.2. The summed E-state index contributed by atoms with van der Waals surface area (Å²) in [4.78, 5) is 64.7. The van der Waals surface area contributed by atoms with E-state index in [1.807, 2.05) is 127 Å². The molecule has 0 atom stereocenters. The summed E-state index contributed by atoms with van der Waals surface area (Å²) < 4.78 is 12.9. The minimum atomic E-state index is -0.675. The molecule has 0 bridgehead atoms. The molecule has 150 heavy (non-hydrogen) atoms. The predicted octanol–water partition coefficient (Wildman–Crippen LogP) is 27.6. The van der Waals surface area contributed by atoms with Gasteiger partial charge in [0.25, 0.3) is 0 Å². The maximum atomic E-state index is 12.9. The average molecular weight is 2160 g/mol. The highest BCUT2D eigenvalue weighted by Crippen LogP contribution is 2.45. The van der Waals surface area contributed by atoms with Gasteiger partial charge in [0.05, 0.1) is 65.8 Å². The van der Waals surface area contributed by atoms with Crippen molar-refractivity contribution in [1.82, 2.24) is 30.2 Å². The molecule has 0 aromatic heterocycles. The number of nitrogens with zero attached hydrogens (tertiary/aromatic N) is 8. The first-order valence-corrected chi connectivity index (χ1v) is 53.5. The van der Waals surface area contributed by atoms with Gasteiger partial charge < -0.3 is 50.5 Å². The van der Waals surface area contributed by atoms with Crippen LogP contribution in [0.3, 0.4) is 0 Å². The summed E-state index contributed by atoms with van der Waals surface area (Å²) in [5, 5.41) is 60.4. The first-order valence-electron chi connectivity index (χ1n) is 50.4. The highest BCUT2D eigenvalue weighted by Gasteiger charge is 2.43. The molecule has 7 N–H and O–H groups in total. The van der Waals surface area contributed by atoms with Crippen LogP contribution in [0, 0.1) is 46.5 Å². The number of nitriles is 3. The Labute approximate surface area is 917 Å². The van der Waals surface area contributed by atoms with Crippen LogP contribution in [0.5, 0.6) is 5.75 Å². The monoisotopic (exact) mass is 2160 g/mol. The third-order valence-electron chi connectivity index (χ3n) is 29.0. The molecule has 0 spiro atoms. The summed E-state index contributed by atoms with van der Waals surface area (Å²) in [5.41, 5.74) is 16.3. The zero-order chi connectivity index (χ0) is 105. The number of phenolic OH excluding ortho intramolecular Hbond substituents is 1. The number of carbonyl (C=O) groups excluding carboxylic acids is 4. The van der Waals surface area contributed by atoms with Gasteiger partial charge in [-0.3, -0.25) is 34.7 Å². The molecule has 768 valence electrons. The van der Waals surface area contributed by atoms with Gasteiger partial charge in [0, 0.05) is 138 Å². The number of nitrogens with one attached hydrogen (secondary N) is 6. The molecular formula is C121H116Cl8N14O7. The summed E-state index contributed by atoms with van der Waals surface area (Å²) in [5.74, 6) is 0.297. The fraction of sp³-hybridized carbons (Fsp3) is 0.289. The molecule has 19 rings (SSSR count). The van der Waals surface area contributed by atoms with E-state index >= 15 is 0 Å². The van der Waals surface area contributed by atoms with Crippen molar-refractivity contribution in [2.24, 2.45) is 5.92 Å². The second-order valence-electron chi connectivity index (χ2n) is 39.2. The topological polar surface area (TPSA) is 268 Å². The molecule has 29 heteroatoms. The Hall–Kier alpha value is -12.5. The molecule has 4 aliphatic heterocycles. The molecule has 13 aromatic rings. The molecule has 2 aliphatic carbocycles. The summed E-state index contributed by atoms with van der Waals surface area (Å²) in [6, 6.07) is 98.4. The fourth-order valence-corrected chi connectivity index (χ4v) is 22.7. The summed E-state index contributed by atoms with van der Waals surface area (Å²) >= 11 is 48.6. The largest absolute Gasteiger partial charge is 0.508 e. The summed E-state index contributed by atoms with van der Waals surface area (Å²) in [6.07, 6.45) is 14.5. The molecule has 13 aromatic carbocycles. The quantitative estimate of drug-likeness (QED) is 0.0215. The van der Waals surface area contributed by atoms with Gasteiger partial charge in [-0.1, -0.05) is 276 Å². The summed E-state index contributed by atoms with van der Waals surface area (Å²) in [7, 11) is 2.12. The minimum Gasteiger partial charge on any atom is -0.508 e. The van der Waals surface area contributed by atoms with Crippen LogP contribution >= 0.6 is 92.8 Å².